The fourth-order valence-electron chi connectivity index (χ4n) is 4.11. The summed E-state index contributed by atoms with van der Waals surface area (Å²) >= 11 is 0. The van der Waals surface area contributed by atoms with Gasteiger partial charge in [0.15, 0.2) is 0 Å². The maximum absolute atomic E-state index is 11.0. The quantitative estimate of drug-likeness (QED) is 0.773. The fourth-order valence-corrected chi connectivity index (χ4v) is 4.11. The molecule has 0 bridgehead atoms. The highest BCUT2D eigenvalue weighted by Crippen LogP contribution is 2.22. The number of likely N-dealkylation sites (tertiary alicyclic amines) is 1. The number of nitrogens with zero attached hydrogens (tertiary/aromatic N) is 1. The van der Waals surface area contributed by atoms with Crippen LogP contribution in [0, 0.1) is 11.8 Å². The lowest BCUT2D eigenvalue weighted by Crippen LogP contribution is -2.38. The number of hydrogen-bond donors (Lipinski definition) is 2. The average molecular weight is 367 g/mol. The first-order valence-electron chi connectivity index (χ1n) is 9.82. The van der Waals surface area contributed by atoms with E-state index in [1.165, 1.54) is 30.6 Å². The van der Waals surface area contributed by atoms with Crippen molar-refractivity contribution >= 4 is 5.97 Å². The number of carboxylic acids is 1. The van der Waals surface area contributed by atoms with Gasteiger partial charge >= 0.3 is 5.97 Å². The van der Waals surface area contributed by atoms with Crippen LogP contribution >= 0.6 is 0 Å². The summed E-state index contributed by atoms with van der Waals surface area (Å²) in [6.07, 6.45) is 1.34. The number of nitrogens with one attached hydrogen (secondary N) is 1. The molecular weight excluding hydrogens is 336 g/mol. The molecule has 2 unspecified atom stereocenters. The zero-order valence-electron chi connectivity index (χ0n) is 16.3. The van der Waals surface area contributed by atoms with E-state index in [0.717, 1.165) is 30.5 Å². The van der Waals surface area contributed by atoms with E-state index in [1.807, 2.05) is 6.07 Å². The fraction of sp³-hybridized carbons (Fsp3) is 0.435. The van der Waals surface area contributed by atoms with E-state index in [4.69, 9.17) is 5.11 Å². The first-order chi connectivity index (χ1) is 13.0. The molecule has 27 heavy (non-hydrogen) atoms. The number of hydrogen-bond acceptors (Lipinski definition) is 3. The highest BCUT2D eigenvalue weighted by molar-refractivity contribution is 5.87. The van der Waals surface area contributed by atoms with Crippen LogP contribution in [0.15, 0.2) is 48.5 Å². The van der Waals surface area contributed by atoms with Crippen molar-refractivity contribution in [1.82, 2.24) is 10.2 Å². The second kappa shape index (κ2) is 9.16. The van der Waals surface area contributed by atoms with Gasteiger partial charge in [-0.2, -0.15) is 0 Å². The Morgan fingerprint density at radius 1 is 1.00 bits per heavy atom. The van der Waals surface area contributed by atoms with E-state index >= 15 is 0 Å². The van der Waals surface area contributed by atoms with E-state index in [1.54, 1.807) is 18.2 Å². The SMILES string of the molecule is CC1CC(C)CN(Cc2ccc(CNCc3cccc(C(=O)O)c3)cc2)C1. The van der Waals surface area contributed by atoms with E-state index in [0.29, 0.717) is 12.1 Å². The van der Waals surface area contributed by atoms with Gasteiger partial charge in [0.05, 0.1) is 5.56 Å². The molecule has 1 aliphatic heterocycles. The summed E-state index contributed by atoms with van der Waals surface area (Å²) in [5, 5.41) is 12.5. The molecule has 4 heteroatoms. The van der Waals surface area contributed by atoms with Crippen molar-refractivity contribution in [3.8, 4) is 0 Å². The summed E-state index contributed by atoms with van der Waals surface area (Å²) in [6, 6.07) is 15.9. The van der Waals surface area contributed by atoms with Crippen molar-refractivity contribution in [1.29, 1.82) is 0 Å². The Kier molecular flexibility index (Phi) is 6.64. The van der Waals surface area contributed by atoms with Gasteiger partial charge in [0, 0.05) is 32.7 Å². The molecule has 1 saturated heterocycles. The van der Waals surface area contributed by atoms with Crippen LogP contribution in [0.3, 0.4) is 0 Å². The third-order valence-corrected chi connectivity index (χ3v) is 5.21. The Labute approximate surface area is 162 Å². The monoisotopic (exact) mass is 366 g/mol. The van der Waals surface area contributed by atoms with E-state index in [9.17, 15) is 4.79 Å². The molecule has 0 aliphatic carbocycles. The number of carbonyl (C=O) groups is 1. The molecule has 144 valence electrons. The Morgan fingerprint density at radius 3 is 2.30 bits per heavy atom. The minimum atomic E-state index is -0.884. The molecule has 2 atom stereocenters. The van der Waals surface area contributed by atoms with Gasteiger partial charge in [-0.25, -0.2) is 4.79 Å². The lowest BCUT2D eigenvalue weighted by atomic mass is 9.91. The Balaban J connectivity index is 1.48. The van der Waals surface area contributed by atoms with Crippen LogP contribution in [0.25, 0.3) is 0 Å². The van der Waals surface area contributed by atoms with Crippen LogP contribution in [0.1, 0.15) is 47.3 Å². The molecule has 0 amide bonds. The largest absolute Gasteiger partial charge is 0.478 e. The minimum absolute atomic E-state index is 0.333. The Bertz CT molecular complexity index is 747. The number of piperidine rings is 1. The lowest BCUT2D eigenvalue weighted by Gasteiger charge is -2.35. The van der Waals surface area contributed by atoms with Gasteiger partial charge in [-0.15, -0.1) is 0 Å². The Morgan fingerprint density at radius 2 is 1.63 bits per heavy atom. The average Bonchev–Trinajstić information content (AvgIpc) is 2.62. The van der Waals surface area contributed by atoms with Crippen LogP contribution in [-0.2, 0) is 19.6 Å². The van der Waals surface area contributed by atoms with Crippen LogP contribution in [0.4, 0.5) is 0 Å². The second-order valence-electron chi connectivity index (χ2n) is 8.07. The van der Waals surface area contributed by atoms with Gasteiger partial charge in [0.1, 0.15) is 0 Å². The molecule has 4 nitrogen and oxygen atoms in total. The van der Waals surface area contributed by atoms with Crippen LogP contribution in [0.5, 0.6) is 0 Å². The summed E-state index contributed by atoms with van der Waals surface area (Å²) in [7, 11) is 0. The lowest BCUT2D eigenvalue weighted by molar-refractivity contribution is 0.0696. The molecule has 0 spiro atoms. The van der Waals surface area contributed by atoms with Crippen molar-refractivity contribution in [3.63, 3.8) is 0 Å². The van der Waals surface area contributed by atoms with Crippen molar-refractivity contribution in [3.05, 3.63) is 70.8 Å². The van der Waals surface area contributed by atoms with Gasteiger partial charge in [-0.1, -0.05) is 50.2 Å². The van der Waals surface area contributed by atoms with Crippen LogP contribution in [0.2, 0.25) is 0 Å². The molecule has 2 N–H and O–H groups in total. The maximum atomic E-state index is 11.0. The molecule has 1 aliphatic rings. The van der Waals surface area contributed by atoms with Gasteiger partial charge < -0.3 is 10.4 Å². The Hall–Kier alpha value is -2.17. The van der Waals surface area contributed by atoms with Crippen molar-refractivity contribution < 1.29 is 9.90 Å². The van der Waals surface area contributed by atoms with Crippen molar-refractivity contribution in [2.45, 2.75) is 39.9 Å². The van der Waals surface area contributed by atoms with E-state index in [2.05, 4.69) is 48.3 Å². The van der Waals surface area contributed by atoms with Gasteiger partial charge in [-0.3, -0.25) is 4.90 Å². The normalized spacial score (nSPS) is 20.5. The molecule has 0 saturated carbocycles. The van der Waals surface area contributed by atoms with Crippen LogP contribution < -0.4 is 5.32 Å². The number of rotatable bonds is 7. The molecule has 2 aromatic carbocycles. The maximum Gasteiger partial charge on any atom is 0.335 e. The summed E-state index contributed by atoms with van der Waals surface area (Å²) in [5.74, 6) is 0.693. The van der Waals surface area contributed by atoms with Crippen molar-refractivity contribution in [2.75, 3.05) is 13.1 Å². The summed E-state index contributed by atoms with van der Waals surface area (Å²) in [4.78, 5) is 13.6. The third kappa shape index (κ3) is 5.91. The summed E-state index contributed by atoms with van der Waals surface area (Å²) in [6.45, 7) is 9.56. The molecular formula is C23H30N2O2. The topological polar surface area (TPSA) is 52.6 Å². The van der Waals surface area contributed by atoms with Gasteiger partial charge in [-0.05, 0) is 47.1 Å². The predicted molar refractivity (Wildman–Crippen MR) is 109 cm³/mol. The molecule has 1 heterocycles. The van der Waals surface area contributed by atoms with Gasteiger partial charge in [0.25, 0.3) is 0 Å². The molecule has 0 aromatic heterocycles. The minimum Gasteiger partial charge on any atom is -0.478 e. The summed E-state index contributed by atoms with van der Waals surface area (Å²) in [5.41, 5.74) is 3.93. The first-order valence-corrected chi connectivity index (χ1v) is 9.82. The van der Waals surface area contributed by atoms with Crippen LogP contribution in [-0.4, -0.2) is 29.1 Å². The van der Waals surface area contributed by atoms with Gasteiger partial charge in [0.2, 0.25) is 0 Å². The number of benzene rings is 2. The smallest absolute Gasteiger partial charge is 0.335 e. The first kappa shape index (κ1) is 19.6. The third-order valence-electron chi connectivity index (χ3n) is 5.21. The van der Waals surface area contributed by atoms with E-state index in [-0.39, 0.29) is 0 Å². The zero-order chi connectivity index (χ0) is 19.2. The standard InChI is InChI=1S/C23H30N2O2/c1-17-10-18(2)15-25(14-17)16-20-8-6-19(7-9-20)12-24-13-21-4-3-5-22(11-21)23(26)27/h3-9,11,17-18,24H,10,12-16H2,1-2H3,(H,26,27). The number of aromatic carboxylic acids is 1. The summed E-state index contributed by atoms with van der Waals surface area (Å²) < 4.78 is 0. The predicted octanol–water partition coefficient (Wildman–Crippen LogP) is 4.15. The zero-order valence-corrected chi connectivity index (χ0v) is 16.3. The van der Waals surface area contributed by atoms with E-state index < -0.39 is 5.97 Å². The molecule has 1 fully saturated rings. The van der Waals surface area contributed by atoms with Crippen molar-refractivity contribution in [2.24, 2.45) is 11.8 Å². The molecule has 2 aromatic rings. The molecule has 0 radical (unpaired) electrons. The molecule has 3 rings (SSSR count). The highest BCUT2D eigenvalue weighted by Gasteiger charge is 2.21. The highest BCUT2D eigenvalue weighted by atomic mass is 16.4. The number of carboxylic acid groups (broad SMARTS) is 1. The second-order valence-corrected chi connectivity index (χ2v) is 8.07.